The number of aliphatic hydroxyl groups is 1. The van der Waals surface area contributed by atoms with E-state index in [1.807, 2.05) is 0 Å². The van der Waals surface area contributed by atoms with E-state index in [-0.39, 0.29) is 29.5 Å². The Balaban J connectivity index is 3.28. The maximum absolute atomic E-state index is 12.6. The lowest BCUT2D eigenvalue weighted by Crippen LogP contribution is -2.27. The van der Waals surface area contributed by atoms with Crippen LogP contribution in [0, 0.1) is 0 Å². The molecule has 0 bridgehead atoms. The zero-order chi connectivity index (χ0) is 13.9. The number of thiocarbonyl (C=S) groups is 1. The summed E-state index contributed by atoms with van der Waals surface area (Å²) >= 11 is 4.76. The fourth-order valence-electron chi connectivity index (χ4n) is 1.35. The fourth-order valence-corrected chi connectivity index (χ4v) is 1.50. The number of nitrogens with zero attached hydrogens (tertiary/aromatic N) is 2. The average molecular weight is 279 g/mol. The Morgan fingerprint density at radius 3 is 2.56 bits per heavy atom. The summed E-state index contributed by atoms with van der Waals surface area (Å²) in [5.41, 5.74) is 4.65. The van der Waals surface area contributed by atoms with Gasteiger partial charge in [0.05, 0.1) is 12.2 Å². The van der Waals surface area contributed by atoms with Crippen molar-refractivity contribution in [3.63, 3.8) is 0 Å². The summed E-state index contributed by atoms with van der Waals surface area (Å²) in [5, 5.41) is 8.80. The Morgan fingerprint density at radius 1 is 1.50 bits per heavy atom. The van der Waals surface area contributed by atoms with Gasteiger partial charge in [0.15, 0.2) is 0 Å². The molecule has 0 aliphatic heterocycles. The molecule has 0 radical (unpaired) electrons. The topological polar surface area (TPSA) is 62.4 Å². The molecule has 1 aromatic rings. The molecule has 100 valence electrons. The maximum atomic E-state index is 12.6. The number of aliphatic hydroxyl groups excluding tert-OH is 1. The third-order valence-electron chi connectivity index (χ3n) is 2.23. The van der Waals surface area contributed by atoms with E-state index >= 15 is 0 Å². The van der Waals surface area contributed by atoms with Crippen molar-refractivity contribution < 1.29 is 18.3 Å². The van der Waals surface area contributed by atoms with Gasteiger partial charge in [-0.05, 0) is 12.1 Å². The van der Waals surface area contributed by atoms with E-state index in [1.165, 1.54) is 18.0 Å². The average Bonchev–Trinajstić information content (AvgIpc) is 2.27. The second kappa shape index (κ2) is 5.49. The van der Waals surface area contributed by atoms with Gasteiger partial charge in [-0.25, -0.2) is 4.98 Å². The van der Waals surface area contributed by atoms with Crippen LogP contribution in [-0.2, 0) is 6.18 Å². The number of rotatable bonds is 4. The first kappa shape index (κ1) is 14.7. The highest BCUT2D eigenvalue weighted by atomic mass is 32.1. The third-order valence-corrected chi connectivity index (χ3v) is 2.45. The molecule has 0 saturated heterocycles. The first-order valence-corrected chi connectivity index (χ1v) is 5.38. The largest absolute Gasteiger partial charge is 0.433 e. The Hall–Kier alpha value is -1.41. The van der Waals surface area contributed by atoms with Crippen LogP contribution in [-0.4, -0.2) is 35.3 Å². The number of hydrogen-bond donors (Lipinski definition) is 2. The van der Waals surface area contributed by atoms with Crippen LogP contribution in [0.25, 0.3) is 0 Å². The molecular weight excluding hydrogens is 267 g/mol. The molecule has 0 unspecified atom stereocenters. The molecule has 1 heterocycles. The predicted molar refractivity (Wildman–Crippen MR) is 65.5 cm³/mol. The molecule has 18 heavy (non-hydrogen) atoms. The van der Waals surface area contributed by atoms with E-state index < -0.39 is 11.9 Å². The van der Waals surface area contributed by atoms with Crippen molar-refractivity contribution in [2.75, 3.05) is 25.1 Å². The van der Waals surface area contributed by atoms with Gasteiger partial charge in [-0.1, -0.05) is 12.2 Å². The predicted octanol–water partition coefficient (Wildman–Crippen LogP) is 1.16. The molecule has 0 aliphatic rings. The molecule has 0 saturated carbocycles. The van der Waals surface area contributed by atoms with E-state index in [0.29, 0.717) is 0 Å². The third kappa shape index (κ3) is 3.30. The summed E-state index contributed by atoms with van der Waals surface area (Å²) in [5.74, 6) is 0.00590. The summed E-state index contributed by atoms with van der Waals surface area (Å²) < 4.78 is 37.7. The minimum atomic E-state index is -4.54. The molecule has 4 nitrogen and oxygen atoms in total. The number of pyridine rings is 1. The van der Waals surface area contributed by atoms with Gasteiger partial charge in [0.2, 0.25) is 0 Å². The quantitative estimate of drug-likeness (QED) is 0.810. The Kier molecular flexibility index (Phi) is 4.47. The van der Waals surface area contributed by atoms with Gasteiger partial charge in [-0.2, -0.15) is 13.2 Å². The molecule has 8 heteroatoms. The van der Waals surface area contributed by atoms with Crippen molar-refractivity contribution in [1.82, 2.24) is 4.98 Å². The van der Waals surface area contributed by atoms with Crippen molar-refractivity contribution in [2.24, 2.45) is 5.73 Å². The second-order valence-electron chi connectivity index (χ2n) is 3.57. The highest BCUT2D eigenvalue weighted by Gasteiger charge is 2.33. The number of anilines is 1. The van der Waals surface area contributed by atoms with Crippen molar-refractivity contribution in [3.05, 3.63) is 23.4 Å². The number of hydrogen-bond acceptors (Lipinski definition) is 4. The Morgan fingerprint density at radius 2 is 2.11 bits per heavy atom. The lowest BCUT2D eigenvalue weighted by atomic mass is 10.2. The van der Waals surface area contributed by atoms with Gasteiger partial charge >= 0.3 is 6.18 Å². The van der Waals surface area contributed by atoms with Crippen molar-refractivity contribution in [2.45, 2.75) is 6.18 Å². The van der Waals surface area contributed by atoms with E-state index in [1.54, 1.807) is 0 Å². The lowest BCUT2D eigenvalue weighted by molar-refractivity contribution is -0.141. The molecule has 0 aliphatic carbocycles. The number of aromatic nitrogens is 1. The van der Waals surface area contributed by atoms with Crippen LogP contribution >= 0.6 is 12.2 Å². The summed E-state index contributed by atoms with van der Waals surface area (Å²) in [4.78, 5) is 4.83. The highest BCUT2D eigenvalue weighted by molar-refractivity contribution is 7.80. The summed E-state index contributed by atoms with van der Waals surface area (Å²) in [6.07, 6.45) is -4.54. The first-order valence-electron chi connectivity index (χ1n) is 4.97. The van der Waals surface area contributed by atoms with Gasteiger partial charge in [-0.3, -0.25) is 0 Å². The second-order valence-corrected chi connectivity index (χ2v) is 4.01. The summed E-state index contributed by atoms with van der Waals surface area (Å²) in [6.45, 7) is -0.0882. The van der Waals surface area contributed by atoms with Gasteiger partial charge in [0.1, 0.15) is 16.5 Å². The Labute approximate surface area is 107 Å². The Bertz CT molecular complexity index is 450. The van der Waals surface area contributed by atoms with Gasteiger partial charge in [0, 0.05) is 13.6 Å². The van der Waals surface area contributed by atoms with Gasteiger partial charge < -0.3 is 15.7 Å². The number of likely N-dealkylation sites (N-methyl/N-ethyl adjacent to an activating group) is 1. The number of alkyl halides is 3. The minimum Gasteiger partial charge on any atom is -0.395 e. The minimum absolute atomic E-state index is 0.00590. The van der Waals surface area contributed by atoms with Crippen LogP contribution in [0.4, 0.5) is 19.0 Å². The van der Waals surface area contributed by atoms with E-state index in [4.69, 9.17) is 23.1 Å². The van der Waals surface area contributed by atoms with Crippen LogP contribution in [0.1, 0.15) is 11.3 Å². The molecule has 0 aromatic carbocycles. The lowest BCUT2D eigenvalue weighted by Gasteiger charge is -2.21. The smallest absolute Gasteiger partial charge is 0.395 e. The number of nitrogens with two attached hydrogens (primary N) is 1. The van der Waals surface area contributed by atoms with Crippen molar-refractivity contribution in [1.29, 1.82) is 0 Å². The van der Waals surface area contributed by atoms with Crippen LogP contribution in [0.15, 0.2) is 12.1 Å². The van der Waals surface area contributed by atoms with Gasteiger partial charge in [-0.15, -0.1) is 0 Å². The SMILES string of the molecule is CN(CCO)c1nc(C(F)(F)F)ccc1C(N)=S. The molecule has 0 amide bonds. The maximum Gasteiger partial charge on any atom is 0.433 e. The summed E-state index contributed by atoms with van der Waals surface area (Å²) in [7, 11) is 1.50. The molecule has 0 fully saturated rings. The molecule has 1 rings (SSSR count). The molecule has 1 aromatic heterocycles. The van der Waals surface area contributed by atoms with Crippen LogP contribution in [0.5, 0.6) is 0 Å². The molecular formula is C10H12F3N3OS. The number of halogens is 3. The molecule has 3 N–H and O–H groups in total. The molecule has 0 spiro atoms. The van der Waals surface area contributed by atoms with E-state index in [2.05, 4.69) is 4.98 Å². The van der Waals surface area contributed by atoms with E-state index in [0.717, 1.165) is 6.07 Å². The summed E-state index contributed by atoms with van der Waals surface area (Å²) in [6, 6.07) is 2.01. The monoisotopic (exact) mass is 279 g/mol. The van der Waals surface area contributed by atoms with Crippen LogP contribution < -0.4 is 10.6 Å². The zero-order valence-corrected chi connectivity index (χ0v) is 10.3. The van der Waals surface area contributed by atoms with Crippen LogP contribution in [0.3, 0.4) is 0 Å². The normalized spacial score (nSPS) is 11.4. The molecule has 0 atom stereocenters. The van der Waals surface area contributed by atoms with Crippen LogP contribution in [0.2, 0.25) is 0 Å². The van der Waals surface area contributed by atoms with Crippen molar-refractivity contribution in [3.8, 4) is 0 Å². The highest BCUT2D eigenvalue weighted by Crippen LogP contribution is 2.30. The fraction of sp³-hybridized carbons (Fsp3) is 0.400. The first-order chi connectivity index (χ1) is 8.27. The van der Waals surface area contributed by atoms with E-state index in [9.17, 15) is 13.2 Å². The van der Waals surface area contributed by atoms with Gasteiger partial charge in [0.25, 0.3) is 0 Å². The zero-order valence-electron chi connectivity index (χ0n) is 9.53. The van der Waals surface area contributed by atoms with Crippen molar-refractivity contribution >= 4 is 23.0 Å². The standard InChI is InChI=1S/C10H12F3N3OS/c1-16(4-5-17)9-6(8(14)18)2-3-7(15-9)10(11,12)13/h2-3,17H,4-5H2,1H3,(H2,14,18).